The molecule has 1 rings (SSSR count). The predicted molar refractivity (Wildman–Crippen MR) is 62.7 cm³/mol. The molecule has 2 atom stereocenters. The lowest BCUT2D eigenvalue weighted by Crippen LogP contribution is -2.33. The highest BCUT2D eigenvalue weighted by atomic mass is 16.5. The maximum Gasteiger partial charge on any atom is 0.338 e. The molecule has 0 spiro atoms. The molecule has 0 aliphatic heterocycles. The molecule has 4 N–H and O–H groups in total. The van der Waals surface area contributed by atoms with Gasteiger partial charge in [-0.05, 0) is 24.1 Å². The first-order valence-corrected chi connectivity index (χ1v) is 5.22. The van der Waals surface area contributed by atoms with Gasteiger partial charge in [-0.1, -0.05) is 12.1 Å². The zero-order chi connectivity index (χ0) is 13.9. The van der Waals surface area contributed by atoms with Gasteiger partial charge in [0.05, 0.1) is 12.7 Å². The van der Waals surface area contributed by atoms with E-state index < -0.39 is 24.1 Å². The second-order valence-electron chi connectivity index (χ2n) is 3.86. The van der Waals surface area contributed by atoms with Crippen LogP contribution < -0.4 is 5.73 Å². The Bertz CT molecular complexity index is 472. The van der Waals surface area contributed by atoms with Gasteiger partial charge in [0.15, 0.2) is 6.10 Å². The Labute approximate surface area is 104 Å². The quantitative estimate of drug-likeness (QED) is 0.636. The lowest BCUT2D eigenvalue weighted by atomic mass is 9.98. The van der Waals surface area contributed by atoms with Crippen LogP contribution in [0.3, 0.4) is 0 Å². The Hall–Kier alpha value is -1.92. The molecule has 2 unspecified atom stereocenters. The summed E-state index contributed by atoms with van der Waals surface area (Å²) < 4.78 is 4.59. The minimum atomic E-state index is -1.72. The highest BCUT2D eigenvalue weighted by Gasteiger charge is 2.24. The van der Waals surface area contributed by atoms with Gasteiger partial charge in [-0.2, -0.15) is 0 Å². The molecule has 0 radical (unpaired) electrons. The molecule has 6 heteroatoms. The molecule has 98 valence electrons. The molecule has 0 bridgehead atoms. The molecule has 1 amide bonds. The standard InChI is InChI=1S/C12H15NO5/c1-6-3-4-7(5-8(6)12(17)18-2)9(14)10(15)11(13)16/h3-5,9-10,14-15H,1-2H3,(H2,13,16). The van der Waals surface area contributed by atoms with Crippen molar-refractivity contribution in [2.75, 3.05) is 7.11 Å². The number of amides is 1. The third kappa shape index (κ3) is 2.85. The van der Waals surface area contributed by atoms with Crippen LogP contribution in [0.15, 0.2) is 18.2 Å². The number of aliphatic hydroxyl groups is 2. The Balaban J connectivity index is 3.12. The van der Waals surface area contributed by atoms with E-state index in [0.717, 1.165) is 0 Å². The van der Waals surface area contributed by atoms with Crippen molar-refractivity contribution in [2.24, 2.45) is 5.73 Å². The van der Waals surface area contributed by atoms with Gasteiger partial charge < -0.3 is 20.7 Å². The van der Waals surface area contributed by atoms with E-state index in [0.29, 0.717) is 5.56 Å². The van der Waals surface area contributed by atoms with E-state index in [1.54, 1.807) is 13.0 Å². The number of carbonyl (C=O) groups is 2. The average Bonchev–Trinajstić information content (AvgIpc) is 2.36. The molecule has 6 nitrogen and oxygen atoms in total. The number of methoxy groups -OCH3 is 1. The summed E-state index contributed by atoms with van der Waals surface area (Å²) in [5, 5.41) is 19.1. The van der Waals surface area contributed by atoms with Gasteiger partial charge in [-0.25, -0.2) is 4.79 Å². The number of aliphatic hydroxyl groups excluding tert-OH is 2. The van der Waals surface area contributed by atoms with Crippen molar-refractivity contribution in [2.45, 2.75) is 19.1 Å². The Morgan fingerprint density at radius 1 is 1.33 bits per heavy atom. The number of nitrogens with two attached hydrogens (primary N) is 1. The van der Waals surface area contributed by atoms with Crippen LogP contribution >= 0.6 is 0 Å². The molecule has 0 heterocycles. The van der Waals surface area contributed by atoms with E-state index in [1.807, 2.05) is 0 Å². The summed E-state index contributed by atoms with van der Waals surface area (Å²) >= 11 is 0. The van der Waals surface area contributed by atoms with E-state index in [2.05, 4.69) is 4.74 Å². The summed E-state index contributed by atoms with van der Waals surface area (Å²) in [6, 6.07) is 4.44. The number of ether oxygens (including phenoxy) is 1. The lowest BCUT2D eigenvalue weighted by molar-refractivity contribution is -0.131. The number of primary amides is 1. The average molecular weight is 253 g/mol. The molecule has 0 fully saturated rings. The smallest absolute Gasteiger partial charge is 0.338 e. The fourth-order valence-electron chi connectivity index (χ4n) is 1.49. The Morgan fingerprint density at radius 2 is 1.94 bits per heavy atom. The second-order valence-corrected chi connectivity index (χ2v) is 3.86. The maximum atomic E-state index is 11.5. The zero-order valence-electron chi connectivity index (χ0n) is 10.1. The number of benzene rings is 1. The molecule has 0 aromatic heterocycles. The van der Waals surface area contributed by atoms with E-state index in [9.17, 15) is 19.8 Å². The minimum Gasteiger partial charge on any atom is -0.465 e. The summed E-state index contributed by atoms with van der Waals surface area (Å²) in [4.78, 5) is 22.2. The maximum absolute atomic E-state index is 11.5. The fourth-order valence-corrected chi connectivity index (χ4v) is 1.49. The van der Waals surface area contributed by atoms with Crippen molar-refractivity contribution in [3.8, 4) is 0 Å². The van der Waals surface area contributed by atoms with Crippen LogP contribution in [0.1, 0.15) is 27.6 Å². The molecule has 1 aromatic rings. The summed E-state index contributed by atoms with van der Waals surface area (Å²) in [5.41, 5.74) is 6.02. The molecular weight excluding hydrogens is 238 g/mol. The Morgan fingerprint density at radius 3 is 2.44 bits per heavy atom. The van der Waals surface area contributed by atoms with E-state index in [-0.39, 0.29) is 11.1 Å². The molecular formula is C12H15NO5. The number of carbonyl (C=O) groups excluding carboxylic acids is 2. The van der Waals surface area contributed by atoms with Crippen molar-refractivity contribution in [1.82, 2.24) is 0 Å². The first-order valence-electron chi connectivity index (χ1n) is 5.22. The Kier molecular flexibility index (Phi) is 4.41. The largest absolute Gasteiger partial charge is 0.465 e. The lowest BCUT2D eigenvalue weighted by Gasteiger charge is -2.16. The molecule has 0 aliphatic carbocycles. The molecule has 0 saturated carbocycles. The summed E-state index contributed by atoms with van der Waals surface area (Å²) in [7, 11) is 1.24. The molecule has 1 aromatic carbocycles. The van der Waals surface area contributed by atoms with Crippen molar-refractivity contribution in [3.05, 3.63) is 34.9 Å². The third-order valence-electron chi connectivity index (χ3n) is 2.60. The molecule has 0 aliphatic rings. The molecule has 18 heavy (non-hydrogen) atoms. The van der Waals surface area contributed by atoms with E-state index in [1.165, 1.54) is 19.2 Å². The number of rotatable bonds is 4. The first kappa shape index (κ1) is 14.1. The summed E-state index contributed by atoms with van der Waals surface area (Å²) in [5.74, 6) is -1.60. The van der Waals surface area contributed by atoms with Gasteiger partial charge in [0.25, 0.3) is 0 Å². The molecule has 0 saturated heterocycles. The van der Waals surface area contributed by atoms with Crippen molar-refractivity contribution < 1.29 is 24.5 Å². The van der Waals surface area contributed by atoms with Crippen LogP contribution in [-0.4, -0.2) is 35.3 Å². The van der Waals surface area contributed by atoms with Crippen LogP contribution in [0.25, 0.3) is 0 Å². The van der Waals surface area contributed by atoms with Gasteiger partial charge in [-0.15, -0.1) is 0 Å². The minimum absolute atomic E-state index is 0.215. The number of aryl methyl sites for hydroxylation is 1. The number of hydrogen-bond donors (Lipinski definition) is 3. The van der Waals surface area contributed by atoms with E-state index in [4.69, 9.17) is 5.73 Å². The first-order chi connectivity index (χ1) is 8.38. The highest BCUT2D eigenvalue weighted by Crippen LogP contribution is 2.21. The second kappa shape index (κ2) is 5.61. The van der Waals surface area contributed by atoms with Crippen LogP contribution in [0.5, 0.6) is 0 Å². The van der Waals surface area contributed by atoms with E-state index >= 15 is 0 Å². The summed E-state index contributed by atoms with van der Waals surface area (Å²) in [6.07, 6.45) is -3.20. The van der Waals surface area contributed by atoms with Crippen LogP contribution in [0.2, 0.25) is 0 Å². The van der Waals surface area contributed by atoms with Crippen LogP contribution in [0.4, 0.5) is 0 Å². The van der Waals surface area contributed by atoms with Crippen molar-refractivity contribution in [1.29, 1.82) is 0 Å². The number of hydrogen-bond acceptors (Lipinski definition) is 5. The topological polar surface area (TPSA) is 110 Å². The van der Waals surface area contributed by atoms with Gasteiger partial charge in [0.2, 0.25) is 5.91 Å². The van der Waals surface area contributed by atoms with Crippen molar-refractivity contribution >= 4 is 11.9 Å². The van der Waals surface area contributed by atoms with Gasteiger partial charge >= 0.3 is 5.97 Å². The van der Waals surface area contributed by atoms with Crippen LogP contribution in [0, 0.1) is 6.92 Å². The number of esters is 1. The van der Waals surface area contributed by atoms with Gasteiger partial charge in [0.1, 0.15) is 6.10 Å². The van der Waals surface area contributed by atoms with Crippen molar-refractivity contribution in [3.63, 3.8) is 0 Å². The van der Waals surface area contributed by atoms with Gasteiger partial charge in [0, 0.05) is 0 Å². The predicted octanol–water partition coefficient (Wildman–Crippen LogP) is -0.339. The monoisotopic (exact) mass is 253 g/mol. The van der Waals surface area contributed by atoms with Crippen LogP contribution in [-0.2, 0) is 9.53 Å². The highest BCUT2D eigenvalue weighted by molar-refractivity contribution is 5.91. The summed E-state index contributed by atoms with van der Waals surface area (Å²) in [6.45, 7) is 1.70. The fraction of sp³-hybridized carbons (Fsp3) is 0.333. The SMILES string of the molecule is COC(=O)c1cc(C(O)C(O)C(N)=O)ccc1C. The normalized spacial score (nSPS) is 13.8. The zero-order valence-corrected chi connectivity index (χ0v) is 10.1. The van der Waals surface area contributed by atoms with Gasteiger partial charge in [-0.3, -0.25) is 4.79 Å². The third-order valence-corrected chi connectivity index (χ3v) is 2.60.